The van der Waals surface area contributed by atoms with E-state index in [9.17, 15) is 13.2 Å². The van der Waals surface area contributed by atoms with Crippen molar-refractivity contribution in [2.24, 2.45) is 0 Å². The fraction of sp³-hybridized carbons (Fsp3) is 0.300. The molecule has 0 aliphatic rings. The normalized spacial score (nSPS) is 11.9. The van der Waals surface area contributed by atoms with E-state index in [0.717, 1.165) is 17.0 Å². The number of aromatic nitrogens is 2. The summed E-state index contributed by atoms with van der Waals surface area (Å²) >= 11 is 0. The second kappa shape index (κ2) is 8.12. The number of benzene rings is 2. The third-order valence-corrected chi connectivity index (χ3v) is 6.34. The highest BCUT2D eigenvalue weighted by Gasteiger charge is 2.19. The molecule has 0 aliphatic carbocycles. The second-order valence-corrected chi connectivity index (χ2v) is 8.78. The number of nitrogens with zero attached hydrogens (tertiary/aromatic N) is 3. The van der Waals surface area contributed by atoms with Gasteiger partial charge in [0.25, 0.3) is 0 Å². The number of amides is 1. The zero-order chi connectivity index (χ0) is 20.3. The van der Waals surface area contributed by atoms with Crippen molar-refractivity contribution in [1.29, 1.82) is 0 Å². The van der Waals surface area contributed by atoms with Crippen LogP contribution in [0.2, 0.25) is 0 Å². The van der Waals surface area contributed by atoms with E-state index in [1.807, 2.05) is 41.8 Å². The molecular weight excluding hydrogens is 376 g/mol. The highest BCUT2D eigenvalue weighted by Crippen LogP contribution is 2.23. The van der Waals surface area contributed by atoms with Crippen LogP contribution in [0.1, 0.15) is 19.2 Å². The van der Waals surface area contributed by atoms with Crippen molar-refractivity contribution >= 4 is 32.7 Å². The first-order chi connectivity index (χ1) is 13.3. The zero-order valence-electron chi connectivity index (χ0n) is 16.2. The van der Waals surface area contributed by atoms with Crippen LogP contribution in [-0.4, -0.2) is 42.3 Å². The van der Waals surface area contributed by atoms with E-state index in [4.69, 9.17) is 0 Å². The predicted octanol–water partition coefficient (Wildman–Crippen LogP) is 2.88. The molecule has 0 bridgehead atoms. The molecule has 0 saturated heterocycles. The number of fused-ring (bicyclic) bond motifs is 1. The molecule has 2 aromatic carbocycles. The van der Waals surface area contributed by atoms with Gasteiger partial charge in [0.05, 0.1) is 15.9 Å². The van der Waals surface area contributed by atoms with Crippen LogP contribution in [-0.2, 0) is 27.8 Å². The zero-order valence-corrected chi connectivity index (χ0v) is 17.0. The fourth-order valence-electron chi connectivity index (χ4n) is 3.04. The molecule has 0 saturated carbocycles. The summed E-state index contributed by atoms with van der Waals surface area (Å²) in [5.74, 6) is 0.678. The van der Waals surface area contributed by atoms with E-state index in [-0.39, 0.29) is 10.8 Å². The predicted molar refractivity (Wildman–Crippen MR) is 110 cm³/mol. The first-order valence-electron chi connectivity index (χ1n) is 9.09. The van der Waals surface area contributed by atoms with Crippen molar-refractivity contribution in [3.63, 3.8) is 0 Å². The number of anilines is 1. The van der Waals surface area contributed by atoms with Crippen molar-refractivity contribution in [2.45, 2.75) is 31.2 Å². The number of rotatable bonds is 7. The summed E-state index contributed by atoms with van der Waals surface area (Å²) in [6.07, 6.45) is 0.762. The van der Waals surface area contributed by atoms with Crippen LogP contribution in [0.3, 0.4) is 0 Å². The van der Waals surface area contributed by atoms with Crippen molar-refractivity contribution in [3.05, 3.63) is 54.4 Å². The minimum Gasteiger partial charge on any atom is -0.328 e. The van der Waals surface area contributed by atoms with Crippen LogP contribution in [0.5, 0.6) is 0 Å². The van der Waals surface area contributed by atoms with Crippen LogP contribution >= 0.6 is 0 Å². The number of hydrogen-bond acceptors (Lipinski definition) is 4. The number of sulfonamides is 1. The molecule has 1 heterocycles. The maximum absolute atomic E-state index is 12.4. The molecule has 3 rings (SSSR count). The monoisotopic (exact) mass is 400 g/mol. The Morgan fingerprint density at radius 1 is 1.14 bits per heavy atom. The lowest BCUT2D eigenvalue weighted by Gasteiger charge is -2.11. The fourth-order valence-corrected chi connectivity index (χ4v) is 3.97. The SMILES string of the molecule is CCn1c(CCC(=O)Nc2ccccc2)nc2cc(S(=O)(=O)N(C)C)ccc21. The third-order valence-electron chi connectivity index (χ3n) is 4.53. The van der Waals surface area contributed by atoms with Gasteiger partial charge in [-0.3, -0.25) is 4.79 Å². The van der Waals surface area contributed by atoms with Crippen molar-refractivity contribution < 1.29 is 13.2 Å². The number of carbonyl (C=O) groups is 1. The average Bonchev–Trinajstić information content (AvgIpc) is 3.03. The highest BCUT2D eigenvalue weighted by atomic mass is 32.2. The Morgan fingerprint density at radius 2 is 1.86 bits per heavy atom. The average molecular weight is 401 g/mol. The van der Waals surface area contributed by atoms with E-state index in [1.54, 1.807) is 18.2 Å². The summed E-state index contributed by atoms with van der Waals surface area (Å²) in [6.45, 7) is 2.69. The quantitative estimate of drug-likeness (QED) is 0.661. The van der Waals surface area contributed by atoms with Gasteiger partial charge in [-0.2, -0.15) is 0 Å². The van der Waals surface area contributed by atoms with Gasteiger partial charge in [-0.1, -0.05) is 18.2 Å². The van der Waals surface area contributed by atoms with E-state index >= 15 is 0 Å². The van der Waals surface area contributed by atoms with Gasteiger partial charge in [-0.05, 0) is 37.3 Å². The standard InChI is InChI=1S/C20H24N4O3S/c1-4-24-18-11-10-16(28(26,27)23(2)3)14-17(18)22-19(24)12-13-20(25)21-15-8-6-5-7-9-15/h5-11,14H,4,12-13H2,1-3H3,(H,21,25). The van der Waals surface area contributed by atoms with Gasteiger partial charge in [-0.15, -0.1) is 0 Å². The molecule has 3 aromatic rings. The second-order valence-electron chi connectivity index (χ2n) is 6.62. The van der Waals surface area contributed by atoms with Crippen molar-refractivity contribution in [3.8, 4) is 0 Å². The van der Waals surface area contributed by atoms with Gasteiger partial charge in [0.2, 0.25) is 15.9 Å². The van der Waals surface area contributed by atoms with Crippen LogP contribution in [0.4, 0.5) is 5.69 Å². The van der Waals surface area contributed by atoms with Gasteiger partial charge in [0.1, 0.15) is 5.82 Å². The lowest BCUT2D eigenvalue weighted by molar-refractivity contribution is -0.116. The molecule has 0 fully saturated rings. The van der Waals surface area contributed by atoms with Gasteiger partial charge in [0, 0.05) is 39.2 Å². The number of imidazole rings is 1. The Bertz CT molecular complexity index is 1090. The number of nitrogens with one attached hydrogen (secondary N) is 1. The topological polar surface area (TPSA) is 84.3 Å². The number of carbonyl (C=O) groups excluding carboxylic acids is 1. The number of hydrogen-bond donors (Lipinski definition) is 1. The molecule has 7 nitrogen and oxygen atoms in total. The van der Waals surface area contributed by atoms with Gasteiger partial charge < -0.3 is 9.88 Å². The Hall–Kier alpha value is -2.71. The highest BCUT2D eigenvalue weighted by molar-refractivity contribution is 7.89. The molecule has 1 N–H and O–H groups in total. The summed E-state index contributed by atoms with van der Waals surface area (Å²) in [5.41, 5.74) is 2.23. The summed E-state index contributed by atoms with van der Waals surface area (Å²) in [4.78, 5) is 17.0. The Morgan fingerprint density at radius 3 is 2.50 bits per heavy atom. The van der Waals surface area contributed by atoms with E-state index in [0.29, 0.717) is 24.9 Å². The van der Waals surface area contributed by atoms with Crippen LogP contribution in [0, 0.1) is 0 Å². The Balaban J connectivity index is 1.82. The maximum Gasteiger partial charge on any atom is 0.242 e. The lowest BCUT2D eigenvalue weighted by atomic mass is 10.2. The molecule has 0 atom stereocenters. The minimum atomic E-state index is -3.52. The molecule has 0 unspecified atom stereocenters. The van der Waals surface area contributed by atoms with E-state index in [2.05, 4.69) is 10.3 Å². The molecular formula is C20H24N4O3S. The third kappa shape index (κ3) is 4.07. The largest absolute Gasteiger partial charge is 0.328 e. The molecule has 1 aromatic heterocycles. The molecule has 0 radical (unpaired) electrons. The molecule has 8 heteroatoms. The maximum atomic E-state index is 12.4. The smallest absolute Gasteiger partial charge is 0.242 e. The summed E-state index contributed by atoms with van der Waals surface area (Å²) in [5, 5.41) is 2.86. The molecule has 0 aliphatic heterocycles. The van der Waals surface area contributed by atoms with E-state index < -0.39 is 10.0 Å². The molecule has 0 spiro atoms. The van der Waals surface area contributed by atoms with Gasteiger partial charge >= 0.3 is 0 Å². The van der Waals surface area contributed by atoms with Crippen LogP contribution in [0.15, 0.2) is 53.4 Å². The Kier molecular flexibility index (Phi) is 5.81. The first kappa shape index (κ1) is 20.0. The molecule has 148 valence electrons. The van der Waals surface area contributed by atoms with Crippen molar-refractivity contribution in [2.75, 3.05) is 19.4 Å². The van der Waals surface area contributed by atoms with Crippen LogP contribution in [0.25, 0.3) is 11.0 Å². The summed E-state index contributed by atoms with van der Waals surface area (Å²) in [7, 11) is -0.517. The van der Waals surface area contributed by atoms with E-state index in [1.165, 1.54) is 18.4 Å². The van der Waals surface area contributed by atoms with Gasteiger partial charge in [-0.25, -0.2) is 17.7 Å². The Labute approximate surface area is 165 Å². The summed E-state index contributed by atoms with van der Waals surface area (Å²) < 4.78 is 27.9. The van der Waals surface area contributed by atoms with Crippen LogP contribution < -0.4 is 5.32 Å². The minimum absolute atomic E-state index is 0.0863. The van der Waals surface area contributed by atoms with Gasteiger partial charge in [0.15, 0.2) is 0 Å². The molecule has 28 heavy (non-hydrogen) atoms. The van der Waals surface area contributed by atoms with Crippen molar-refractivity contribution in [1.82, 2.24) is 13.9 Å². The molecule has 1 amide bonds. The first-order valence-corrected chi connectivity index (χ1v) is 10.5. The number of aryl methyl sites for hydroxylation is 2. The summed E-state index contributed by atoms with van der Waals surface area (Å²) in [6, 6.07) is 14.3. The lowest BCUT2D eigenvalue weighted by Crippen LogP contribution is -2.22. The number of para-hydroxylation sites is 1.